The third kappa shape index (κ3) is 5.47. The van der Waals surface area contributed by atoms with Crippen LogP contribution in [-0.4, -0.2) is 70.0 Å². The van der Waals surface area contributed by atoms with Gasteiger partial charge in [0.2, 0.25) is 0 Å². The van der Waals surface area contributed by atoms with E-state index in [-0.39, 0.29) is 6.61 Å². The maximum atomic E-state index is 10.6. The second kappa shape index (κ2) is 10.2. The summed E-state index contributed by atoms with van der Waals surface area (Å²) >= 11 is 1.67. The van der Waals surface area contributed by atoms with Crippen LogP contribution in [0.25, 0.3) is 21.5 Å². The first kappa shape index (κ1) is 23.0. The van der Waals surface area contributed by atoms with Crippen molar-refractivity contribution in [3.8, 4) is 17.0 Å². The van der Waals surface area contributed by atoms with E-state index in [0.717, 1.165) is 64.2 Å². The summed E-state index contributed by atoms with van der Waals surface area (Å²) in [4.78, 5) is 9.22. The lowest BCUT2D eigenvalue weighted by Gasteiger charge is -2.40. The van der Waals surface area contributed by atoms with Gasteiger partial charge < -0.3 is 14.4 Å². The molecule has 7 nitrogen and oxygen atoms in total. The number of piperazine rings is 1. The van der Waals surface area contributed by atoms with Crippen LogP contribution in [0.15, 0.2) is 59.1 Å². The number of aromatic nitrogens is 2. The average Bonchev–Trinajstić information content (AvgIpc) is 3.45. The summed E-state index contributed by atoms with van der Waals surface area (Å²) in [7, 11) is 0. The van der Waals surface area contributed by atoms with Crippen molar-refractivity contribution >= 4 is 21.6 Å². The number of aliphatic hydroxyl groups is 1. The van der Waals surface area contributed by atoms with Crippen molar-refractivity contribution in [2.45, 2.75) is 32.5 Å². The van der Waals surface area contributed by atoms with E-state index in [2.05, 4.69) is 26.9 Å². The first-order chi connectivity index (χ1) is 16.5. The lowest BCUT2D eigenvalue weighted by Crippen LogP contribution is -2.53. The van der Waals surface area contributed by atoms with Crippen molar-refractivity contribution in [3.63, 3.8) is 0 Å². The molecule has 2 aromatic heterocycles. The Balaban J connectivity index is 1.09. The van der Waals surface area contributed by atoms with Gasteiger partial charge in [0.15, 0.2) is 5.76 Å². The largest absolute Gasteiger partial charge is 0.491 e. The fourth-order valence-corrected chi connectivity index (χ4v) is 5.27. The Hall–Kier alpha value is -2.78. The van der Waals surface area contributed by atoms with E-state index < -0.39 is 6.10 Å². The standard InChI is InChI=1S/C26H30N4O3S/c1-18-14-29(15-21(31)17-32-22-8-9-26-25(12-22)27-19(2)34-26)10-11-30(18)16-23-13-24(28-33-23)20-6-4-3-5-7-20/h3-9,12-13,18,21,31H,10-11,14-17H2,1-2H3/t18-,21+/m0/s1. The van der Waals surface area contributed by atoms with E-state index in [0.29, 0.717) is 12.6 Å². The fourth-order valence-electron chi connectivity index (χ4n) is 4.46. The van der Waals surface area contributed by atoms with Crippen molar-refractivity contribution < 1.29 is 14.4 Å². The number of benzene rings is 2. The number of fused-ring (bicyclic) bond motifs is 1. The SMILES string of the molecule is Cc1nc2cc(OC[C@H](O)CN3CCN(Cc4cc(-c5ccccc5)no4)[C@@H](C)C3)ccc2s1. The van der Waals surface area contributed by atoms with Crippen LogP contribution in [0.3, 0.4) is 0 Å². The van der Waals surface area contributed by atoms with E-state index in [4.69, 9.17) is 9.26 Å². The number of aliphatic hydroxyl groups excluding tert-OH is 1. The summed E-state index contributed by atoms with van der Waals surface area (Å²) in [6.45, 7) is 8.51. The zero-order valence-electron chi connectivity index (χ0n) is 19.6. The monoisotopic (exact) mass is 478 g/mol. The number of ether oxygens (including phenoxy) is 1. The van der Waals surface area contributed by atoms with Crippen LogP contribution in [0.1, 0.15) is 17.7 Å². The number of β-amino-alcohol motifs (C(OH)–C–C–N with tert-alkyl or cyclic N) is 1. The second-order valence-corrected chi connectivity index (χ2v) is 10.2. The molecule has 0 bridgehead atoms. The summed E-state index contributed by atoms with van der Waals surface area (Å²) in [5.41, 5.74) is 2.88. The summed E-state index contributed by atoms with van der Waals surface area (Å²) in [5, 5.41) is 15.8. The Morgan fingerprint density at radius 2 is 2.03 bits per heavy atom. The van der Waals surface area contributed by atoms with Crippen LogP contribution in [0.2, 0.25) is 0 Å². The van der Waals surface area contributed by atoms with Gasteiger partial charge in [-0.25, -0.2) is 4.98 Å². The van der Waals surface area contributed by atoms with Gasteiger partial charge in [-0.1, -0.05) is 35.5 Å². The van der Waals surface area contributed by atoms with Crippen LogP contribution < -0.4 is 4.74 Å². The Bertz CT molecular complexity index is 1230. The quantitative estimate of drug-likeness (QED) is 0.407. The molecular weight excluding hydrogens is 448 g/mol. The maximum absolute atomic E-state index is 10.6. The number of thiazole rings is 1. The van der Waals surface area contributed by atoms with E-state index >= 15 is 0 Å². The van der Waals surface area contributed by atoms with Gasteiger partial charge >= 0.3 is 0 Å². The summed E-state index contributed by atoms with van der Waals surface area (Å²) < 4.78 is 12.6. The van der Waals surface area contributed by atoms with Crippen LogP contribution >= 0.6 is 11.3 Å². The van der Waals surface area contributed by atoms with Crippen molar-refractivity contribution in [1.29, 1.82) is 0 Å². The molecule has 1 N–H and O–H groups in total. The topological polar surface area (TPSA) is 74.9 Å². The Kier molecular flexibility index (Phi) is 6.92. The smallest absolute Gasteiger partial charge is 0.151 e. The molecule has 1 aliphatic heterocycles. The molecule has 8 heteroatoms. The molecule has 0 spiro atoms. The fraction of sp³-hybridized carbons (Fsp3) is 0.385. The number of rotatable bonds is 8. The predicted octanol–water partition coefficient (Wildman–Crippen LogP) is 4.21. The summed E-state index contributed by atoms with van der Waals surface area (Å²) in [6, 6.07) is 18.4. The third-order valence-corrected chi connectivity index (χ3v) is 7.17. The highest BCUT2D eigenvalue weighted by atomic mass is 32.1. The molecule has 0 saturated carbocycles. The van der Waals surface area contributed by atoms with Gasteiger partial charge in [-0.2, -0.15) is 0 Å². The minimum absolute atomic E-state index is 0.267. The van der Waals surface area contributed by atoms with E-state index in [1.54, 1.807) is 11.3 Å². The highest BCUT2D eigenvalue weighted by molar-refractivity contribution is 7.18. The van der Waals surface area contributed by atoms with Crippen LogP contribution in [-0.2, 0) is 6.54 Å². The zero-order chi connectivity index (χ0) is 23.5. The van der Waals surface area contributed by atoms with E-state index in [1.807, 2.05) is 61.5 Å². The van der Waals surface area contributed by atoms with Crippen molar-refractivity contribution in [1.82, 2.24) is 19.9 Å². The molecule has 0 radical (unpaired) electrons. The first-order valence-corrected chi connectivity index (χ1v) is 12.5. The molecule has 2 aromatic carbocycles. The number of hydrogen-bond acceptors (Lipinski definition) is 8. The molecule has 2 atom stereocenters. The highest BCUT2D eigenvalue weighted by Crippen LogP contribution is 2.26. The van der Waals surface area contributed by atoms with Crippen molar-refractivity contribution in [2.24, 2.45) is 0 Å². The molecule has 4 aromatic rings. The molecule has 1 fully saturated rings. The summed E-state index contributed by atoms with van der Waals surface area (Å²) in [5.74, 6) is 1.62. The van der Waals surface area contributed by atoms with Crippen LogP contribution in [0.5, 0.6) is 5.75 Å². The molecule has 34 heavy (non-hydrogen) atoms. The Morgan fingerprint density at radius 1 is 1.18 bits per heavy atom. The molecule has 1 saturated heterocycles. The predicted molar refractivity (Wildman–Crippen MR) is 134 cm³/mol. The van der Waals surface area contributed by atoms with Gasteiger partial charge in [-0.15, -0.1) is 11.3 Å². The van der Waals surface area contributed by atoms with Gasteiger partial charge in [-0.05, 0) is 26.0 Å². The van der Waals surface area contributed by atoms with E-state index in [9.17, 15) is 5.11 Å². The molecule has 5 rings (SSSR count). The van der Waals surface area contributed by atoms with Gasteiger partial charge in [-0.3, -0.25) is 9.80 Å². The zero-order valence-corrected chi connectivity index (χ0v) is 20.4. The summed E-state index contributed by atoms with van der Waals surface area (Å²) in [6.07, 6.45) is -0.547. The second-order valence-electron chi connectivity index (χ2n) is 8.95. The number of nitrogens with zero attached hydrogens (tertiary/aromatic N) is 4. The van der Waals surface area contributed by atoms with Crippen LogP contribution in [0.4, 0.5) is 0 Å². The molecule has 178 valence electrons. The number of hydrogen-bond donors (Lipinski definition) is 1. The first-order valence-electron chi connectivity index (χ1n) is 11.7. The molecular formula is C26H30N4O3S. The lowest BCUT2D eigenvalue weighted by atomic mass is 10.1. The lowest BCUT2D eigenvalue weighted by molar-refractivity contribution is 0.0231. The van der Waals surface area contributed by atoms with Crippen molar-refractivity contribution in [3.05, 3.63) is 65.4 Å². The minimum Gasteiger partial charge on any atom is -0.491 e. The van der Waals surface area contributed by atoms with Gasteiger partial charge in [0.25, 0.3) is 0 Å². The number of aryl methyl sites for hydroxylation is 1. The molecule has 0 amide bonds. The normalized spacial score (nSPS) is 18.4. The van der Waals surface area contributed by atoms with Gasteiger partial charge in [0, 0.05) is 49.9 Å². The third-order valence-electron chi connectivity index (χ3n) is 6.21. The Morgan fingerprint density at radius 3 is 2.85 bits per heavy atom. The molecule has 1 aliphatic rings. The van der Waals surface area contributed by atoms with E-state index in [1.165, 1.54) is 0 Å². The van der Waals surface area contributed by atoms with Crippen molar-refractivity contribution in [2.75, 3.05) is 32.8 Å². The Labute approximate surface area is 203 Å². The molecule has 0 aliphatic carbocycles. The van der Waals surface area contributed by atoms with Gasteiger partial charge in [0.1, 0.15) is 24.2 Å². The molecule has 3 heterocycles. The van der Waals surface area contributed by atoms with Gasteiger partial charge in [0.05, 0.1) is 21.8 Å². The molecule has 0 unspecified atom stereocenters. The van der Waals surface area contributed by atoms with Crippen LogP contribution in [0, 0.1) is 6.92 Å². The average molecular weight is 479 g/mol. The maximum Gasteiger partial charge on any atom is 0.151 e. The highest BCUT2D eigenvalue weighted by Gasteiger charge is 2.26. The minimum atomic E-state index is -0.547.